The van der Waals surface area contributed by atoms with E-state index < -0.39 is 0 Å². The molecule has 2 amide bonds. The first-order chi connectivity index (χ1) is 11.0. The number of aryl methyl sites for hydroxylation is 2. The first-order valence-electron chi connectivity index (χ1n) is 7.12. The number of hydrogen-bond donors (Lipinski definition) is 1. The SMILES string of the molecule is Cc1n[nH]c(C)c1N1C(=O)c2cc(Br)c3ccccc3c2C1=O. The highest BCUT2D eigenvalue weighted by Gasteiger charge is 2.40. The zero-order valence-corrected chi connectivity index (χ0v) is 14.1. The number of aromatic amines is 1. The van der Waals surface area contributed by atoms with E-state index in [0.29, 0.717) is 28.2 Å². The molecule has 0 aliphatic carbocycles. The molecule has 114 valence electrons. The van der Waals surface area contributed by atoms with Crippen LogP contribution in [-0.2, 0) is 0 Å². The fourth-order valence-electron chi connectivity index (χ4n) is 3.13. The number of benzene rings is 2. The van der Waals surface area contributed by atoms with Crippen molar-refractivity contribution in [1.29, 1.82) is 0 Å². The van der Waals surface area contributed by atoms with Crippen molar-refractivity contribution in [3.63, 3.8) is 0 Å². The number of nitrogens with one attached hydrogen (secondary N) is 1. The van der Waals surface area contributed by atoms with E-state index in [1.807, 2.05) is 24.3 Å². The van der Waals surface area contributed by atoms with Crippen LogP contribution in [0.4, 0.5) is 5.69 Å². The maximum Gasteiger partial charge on any atom is 0.266 e. The minimum Gasteiger partial charge on any atom is -0.280 e. The van der Waals surface area contributed by atoms with Gasteiger partial charge in [-0.05, 0) is 30.7 Å². The number of nitrogens with zero attached hydrogens (tertiary/aromatic N) is 2. The van der Waals surface area contributed by atoms with Crippen molar-refractivity contribution in [2.24, 2.45) is 0 Å². The molecule has 0 saturated heterocycles. The maximum absolute atomic E-state index is 13.0. The topological polar surface area (TPSA) is 66.1 Å². The van der Waals surface area contributed by atoms with Gasteiger partial charge in [0.2, 0.25) is 0 Å². The first-order valence-corrected chi connectivity index (χ1v) is 7.91. The smallest absolute Gasteiger partial charge is 0.266 e. The lowest BCUT2D eigenvalue weighted by Gasteiger charge is -2.13. The Bertz CT molecular complexity index is 987. The summed E-state index contributed by atoms with van der Waals surface area (Å²) < 4.78 is 0.801. The molecule has 0 saturated carbocycles. The summed E-state index contributed by atoms with van der Waals surface area (Å²) in [5, 5.41) is 8.60. The summed E-state index contributed by atoms with van der Waals surface area (Å²) in [6, 6.07) is 9.28. The molecular formula is C17H12BrN3O2. The van der Waals surface area contributed by atoms with Crippen LogP contribution in [0.15, 0.2) is 34.8 Å². The third-order valence-electron chi connectivity index (χ3n) is 4.16. The van der Waals surface area contributed by atoms with Crippen molar-refractivity contribution in [3.05, 3.63) is 57.3 Å². The number of fused-ring (bicyclic) bond motifs is 3. The predicted molar refractivity (Wildman–Crippen MR) is 90.8 cm³/mol. The van der Waals surface area contributed by atoms with E-state index in [2.05, 4.69) is 26.1 Å². The molecule has 2 aromatic carbocycles. The summed E-state index contributed by atoms with van der Waals surface area (Å²) in [6.45, 7) is 3.57. The predicted octanol–water partition coefficient (Wildman–Crippen LogP) is 3.74. The van der Waals surface area contributed by atoms with Gasteiger partial charge in [-0.25, -0.2) is 4.90 Å². The standard InChI is InChI=1S/C17H12BrN3O2/c1-8-15(9(2)20-19-8)21-16(22)12-7-13(18)10-5-3-4-6-11(10)14(12)17(21)23/h3-7H,1-2H3,(H,19,20). The van der Waals surface area contributed by atoms with Gasteiger partial charge in [-0.3, -0.25) is 14.7 Å². The second-order valence-electron chi connectivity index (χ2n) is 5.55. The van der Waals surface area contributed by atoms with Gasteiger partial charge in [-0.2, -0.15) is 5.10 Å². The van der Waals surface area contributed by atoms with Gasteiger partial charge >= 0.3 is 0 Å². The molecule has 0 bridgehead atoms. The number of imide groups is 1. The molecule has 1 aromatic heterocycles. The van der Waals surface area contributed by atoms with E-state index >= 15 is 0 Å². The van der Waals surface area contributed by atoms with E-state index in [-0.39, 0.29) is 11.8 Å². The minimum atomic E-state index is -0.316. The van der Waals surface area contributed by atoms with E-state index in [0.717, 1.165) is 15.2 Å². The third kappa shape index (κ3) is 1.81. The van der Waals surface area contributed by atoms with Crippen LogP contribution in [0.5, 0.6) is 0 Å². The van der Waals surface area contributed by atoms with E-state index in [1.54, 1.807) is 19.9 Å². The summed E-state index contributed by atoms with van der Waals surface area (Å²) >= 11 is 3.49. The number of aromatic nitrogens is 2. The fourth-order valence-corrected chi connectivity index (χ4v) is 3.71. The molecule has 2 heterocycles. The van der Waals surface area contributed by atoms with Crippen molar-refractivity contribution >= 4 is 44.2 Å². The van der Waals surface area contributed by atoms with Gasteiger partial charge in [0.15, 0.2) is 0 Å². The van der Waals surface area contributed by atoms with Gasteiger partial charge in [-0.1, -0.05) is 40.2 Å². The molecule has 1 aliphatic rings. The minimum absolute atomic E-state index is 0.304. The molecule has 5 nitrogen and oxygen atoms in total. The highest BCUT2D eigenvalue weighted by Crippen LogP contribution is 2.38. The molecule has 1 N–H and O–H groups in total. The van der Waals surface area contributed by atoms with Gasteiger partial charge in [0.05, 0.1) is 28.2 Å². The van der Waals surface area contributed by atoms with Crippen molar-refractivity contribution in [1.82, 2.24) is 10.2 Å². The van der Waals surface area contributed by atoms with Crippen molar-refractivity contribution in [3.8, 4) is 0 Å². The summed E-state index contributed by atoms with van der Waals surface area (Å²) in [5.74, 6) is -0.620. The number of rotatable bonds is 1. The lowest BCUT2D eigenvalue weighted by atomic mass is 10.0. The lowest BCUT2D eigenvalue weighted by molar-refractivity contribution is 0.0926. The largest absolute Gasteiger partial charge is 0.280 e. The first kappa shape index (κ1) is 14.1. The van der Waals surface area contributed by atoms with Crippen LogP contribution >= 0.6 is 15.9 Å². The second kappa shape index (κ2) is 4.76. The van der Waals surface area contributed by atoms with E-state index in [1.165, 1.54) is 4.90 Å². The van der Waals surface area contributed by atoms with Crippen LogP contribution in [0.25, 0.3) is 10.8 Å². The molecule has 3 aromatic rings. The molecule has 4 rings (SSSR count). The molecule has 0 fully saturated rings. The highest BCUT2D eigenvalue weighted by molar-refractivity contribution is 9.10. The van der Waals surface area contributed by atoms with Crippen LogP contribution in [-0.4, -0.2) is 22.0 Å². The second-order valence-corrected chi connectivity index (χ2v) is 6.41. The zero-order chi connectivity index (χ0) is 16.3. The van der Waals surface area contributed by atoms with Crippen LogP contribution < -0.4 is 4.90 Å². The summed E-state index contributed by atoms with van der Waals surface area (Å²) in [5.41, 5.74) is 2.73. The van der Waals surface area contributed by atoms with Crippen LogP contribution in [0.2, 0.25) is 0 Å². The molecule has 6 heteroatoms. The summed E-state index contributed by atoms with van der Waals surface area (Å²) in [7, 11) is 0. The van der Waals surface area contributed by atoms with Crippen LogP contribution in [0.3, 0.4) is 0 Å². The molecule has 1 aliphatic heterocycles. The number of anilines is 1. The van der Waals surface area contributed by atoms with Gasteiger partial charge in [0.25, 0.3) is 11.8 Å². The zero-order valence-electron chi connectivity index (χ0n) is 12.5. The van der Waals surface area contributed by atoms with E-state index in [4.69, 9.17) is 0 Å². The Morgan fingerprint density at radius 1 is 1.09 bits per heavy atom. The van der Waals surface area contributed by atoms with Gasteiger partial charge in [-0.15, -0.1) is 0 Å². The Labute approximate surface area is 140 Å². The number of carbonyl (C=O) groups excluding carboxylic acids is 2. The van der Waals surface area contributed by atoms with Crippen molar-refractivity contribution in [2.75, 3.05) is 4.90 Å². The van der Waals surface area contributed by atoms with Crippen molar-refractivity contribution < 1.29 is 9.59 Å². The third-order valence-corrected chi connectivity index (χ3v) is 4.81. The average molecular weight is 370 g/mol. The van der Waals surface area contributed by atoms with Gasteiger partial charge in [0.1, 0.15) is 0 Å². The lowest BCUT2D eigenvalue weighted by Crippen LogP contribution is -2.30. The van der Waals surface area contributed by atoms with Gasteiger partial charge in [0, 0.05) is 4.47 Å². The van der Waals surface area contributed by atoms with Crippen LogP contribution in [0, 0.1) is 13.8 Å². The quantitative estimate of drug-likeness (QED) is 0.664. The Morgan fingerprint density at radius 2 is 1.78 bits per heavy atom. The summed E-state index contributed by atoms with van der Waals surface area (Å²) in [6.07, 6.45) is 0. The number of hydrogen-bond acceptors (Lipinski definition) is 3. The normalized spacial score (nSPS) is 14.0. The molecule has 0 spiro atoms. The molecule has 0 radical (unpaired) electrons. The van der Waals surface area contributed by atoms with Gasteiger partial charge < -0.3 is 0 Å². The Kier molecular flexibility index (Phi) is 2.93. The summed E-state index contributed by atoms with van der Waals surface area (Å²) in [4.78, 5) is 27.1. The number of halogens is 1. The average Bonchev–Trinajstić information content (AvgIpc) is 2.98. The molecule has 0 atom stereocenters. The number of amides is 2. The molecule has 0 unspecified atom stereocenters. The maximum atomic E-state index is 13.0. The monoisotopic (exact) mass is 369 g/mol. The molecular weight excluding hydrogens is 358 g/mol. The number of carbonyl (C=O) groups is 2. The van der Waals surface area contributed by atoms with Crippen molar-refractivity contribution in [2.45, 2.75) is 13.8 Å². The fraction of sp³-hybridized carbons (Fsp3) is 0.118. The molecule has 23 heavy (non-hydrogen) atoms. The van der Waals surface area contributed by atoms with Crippen LogP contribution in [0.1, 0.15) is 32.1 Å². The Hall–Kier alpha value is -2.47. The van der Waals surface area contributed by atoms with E-state index in [9.17, 15) is 9.59 Å². The number of H-pyrrole nitrogens is 1. The Balaban J connectivity index is 2.02. The highest BCUT2D eigenvalue weighted by atomic mass is 79.9. The Morgan fingerprint density at radius 3 is 2.43 bits per heavy atom.